The fourth-order valence-electron chi connectivity index (χ4n) is 1.78. The Bertz CT molecular complexity index is 538. The molecule has 2 nitrogen and oxygen atoms in total. The van der Waals surface area contributed by atoms with Crippen LogP contribution in [0.25, 0.3) is 0 Å². The van der Waals surface area contributed by atoms with Gasteiger partial charge in [0.2, 0.25) is 0 Å². The topological polar surface area (TPSA) is 24.9 Å². The molecule has 1 N–H and O–H groups in total. The summed E-state index contributed by atoms with van der Waals surface area (Å²) in [7, 11) is 0. The molecular weight excluding hydrogens is 253 g/mol. The second-order valence-corrected chi connectivity index (χ2v) is 4.17. The van der Waals surface area contributed by atoms with E-state index in [2.05, 4.69) is 10.3 Å². The molecule has 1 aromatic heterocycles. The predicted octanol–water partition coefficient (Wildman–Crippen LogP) is 4.27. The van der Waals surface area contributed by atoms with Gasteiger partial charge in [-0.1, -0.05) is 30.3 Å². The van der Waals surface area contributed by atoms with Crippen LogP contribution in [0.5, 0.6) is 0 Å². The maximum absolute atomic E-state index is 12.8. The highest BCUT2D eigenvalue weighted by molar-refractivity contribution is 5.47. The Morgan fingerprint density at radius 2 is 1.74 bits per heavy atom. The molecule has 1 aromatic carbocycles. The summed E-state index contributed by atoms with van der Waals surface area (Å²) in [4.78, 5) is 3.78. The number of nitrogens with one attached hydrogen (secondary N) is 1. The number of pyridine rings is 1. The zero-order chi connectivity index (χ0) is 13.9. The first kappa shape index (κ1) is 13.4. The smallest absolute Gasteiger partial charge is 0.363 e. The van der Waals surface area contributed by atoms with Crippen molar-refractivity contribution in [3.8, 4) is 0 Å². The van der Waals surface area contributed by atoms with Crippen molar-refractivity contribution < 1.29 is 13.2 Å². The molecule has 0 saturated heterocycles. The predicted molar refractivity (Wildman–Crippen MR) is 67.7 cm³/mol. The van der Waals surface area contributed by atoms with Crippen LogP contribution in [-0.2, 0) is 6.18 Å². The van der Waals surface area contributed by atoms with Crippen molar-refractivity contribution in [3.05, 3.63) is 59.8 Å². The highest BCUT2D eigenvalue weighted by Gasteiger charge is 2.34. The zero-order valence-corrected chi connectivity index (χ0v) is 10.3. The summed E-state index contributed by atoms with van der Waals surface area (Å²) in [6.07, 6.45) is -3.07. The van der Waals surface area contributed by atoms with Gasteiger partial charge in [0.05, 0.1) is 5.56 Å². The minimum absolute atomic E-state index is 0.147. The molecule has 0 amide bonds. The van der Waals surface area contributed by atoms with Crippen molar-refractivity contribution in [2.45, 2.75) is 19.1 Å². The zero-order valence-electron chi connectivity index (χ0n) is 10.3. The minimum Gasteiger partial charge on any atom is -0.363 e. The molecule has 19 heavy (non-hydrogen) atoms. The number of nitrogens with zero attached hydrogens (tertiary/aromatic N) is 1. The van der Waals surface area contributed by atoms with Crippen LogP contribution >= 0.6 is 0 Å². The molecular formula is C14H13F3N2. The monoisotopic (exact) mass is 266 g/mol. The first-order valence-corrected chi connectivity index (χ1v) is 5.82. The highest BCUT2D eigenvalue weighted by atomic mass is 19.4. The molecule has 0 spiro atoms. The third-order valence-electron chi connectivity index (χ3n) is 2.77. The molecule has 5 heteroatoms. The van der Waals surface area contributed by atoms with Gasteiger partial charge < -0.3 is 5.32 Å². The van der Waals surface area contributed by atoms with Crippen molar-refractivity contribution in [3.63, 3.8) is 0 Å². The van der Waals surface area contributed by atoms with E-state index in [9.17, 15) is 13.2 Å². The average Bonchev–Trinajstić information content (AvgIpc) is 2.39. The lowest BCUT2D eigenvalue weighted by atomic mass is 10.1. The van der Waals surface area contributed by atoms with E-state index >= 15 is 0 Å². The van der Waals surface area contributed by atoms with Crippen LogP contribution in [0.1, 0.15) is 24.1 Å². The van der Waals surface area contributed by atoms with Crippen LogP contribution < -0.4 is 5.32 Å². The van der Waals surface area contributed by atoms with Crippen LogP contribution in [0.2, 0.25) is 0 Å². The van der Waals surface area contributed by atoms with Crippen molar-refractivity contribution >= 4 is 5.82 Å². The van der Waals surface area contributed by atoms with E-state index < -0.39 is 11.7 Å². The molecule has 0 radical (unpaired) electrons. The van der Waals surface area contributed by atoms with Crippen molar-refractivity contribution in [1.82, 2.24) is 4.98 Å². The van der Waals surface area contributed by atoms with E-state index in [-0.39, 0.29) is 11.9 Å². The largest absolute Gasteiger partial charge is 0.419 e. The fraction of sp³-hybridized carbons (Fsp3) is 0.214. The van der Waals surface area contributed by atoms with Gasteiger partial charge in [-0.2, -0.15) is 13.2 Å². The Hall–Kier alpha value is -2.04. The number of hydrogen-bond donors (Lipinski definition) is 1. The second-order valence-electron chi connectivity index (χ2n) is 4.17. The van der Waals surface area contributed by atoms with E-state index in [0.717, 1.165) is 11.6 Å². The molecule has 0 aliphatic heterocycles. The van der Waals surface area contributed by atoms with Crippen molar-refractivity contribution in [2.24, 2.45) is 0 Å². The van der Waals surface area contributed by atoms with Crippen LogP contribution in [0.15, 0.2) is 48.7 Å². The number of hydrogen-bond acceptors (Lipinski definition) is 2. The van der Waals surface area contributed by atoms with Crippen molar-refractivity contribution in [2.75, 3.05) is 5.32 Å². The summed E-state index contributed by atoms with van der Waals surface area (Å²) in [5.41, 5.74) is 0.152. The Morgan fingerprint density at radius 3 is 2.37 bits per heavy atom. The second kappa shape index (κ2) is 5.30. The Morgan fingerprint density at radius 1 is 1.05 bits per heavy atom. The van der Waals surface area contributed by atoms with E-state index in [1.54, 1.807) is 6.92 Å². The molecule has 0 aliphatic carbocycles. The third kappa shape index (κ3) is 3.24. The first-order chi connectivity index (χ1) is 8.98. The van der Waals surface area contributed by atoms with E-state index in [1.807, 2.05) is 30.3 Å². The van der Waals surface area contributed by atoms with Gasteiger partial charge in [-0.15, -0.1) is 0 Å². The molecule has 0 aliphatic rings. The molecule has 0 bridgehead atoms. The number of anilines is 1. The number of alkyl halides is 3. The molecule has 1 heterocycles. The standard InChI is InChI=1S/C14H13F3N2/c1-10(11-6-3-2-4-7-11)19-13-12(14(15,16)17)8-5-9-18-13/h2-10H,1H3,(H,18,19). The Kier molecular flexibility index (Phi) is 3.74. The van der Waals surface area contributed by atoms with Gasteiger partial charge in [0, 0.05) is 12.2 Å². The summed E-state index contributed by atoms with van der Waals surface area (Å²) in [6.45, 7) is 1.80. The van der Waals surface area contributed by atoms with Gasteiger partial charge in [-0.3, -0.25) is 0 Å². The van der Waals surface area contributed by atoms with E-state index in [4.69, 9.17) is 0 Å². The van der Waals surface area contributed by atoms with Gasteiger partial charge >= 0.3 is 6.18 Å². The molecule has 2 rings (SSSR count). The molecule has 2 aromatic rings. The van der Waals surface area contributed by atoms with Gasteiger partial charge in [0.1, 0.15) is 5.82 Å². The van der Waals surface area contributed by atoms with Crippen LogP contribution in [0.4, 0.5) is 19.0 Å². The molecule has 1 unspecified atom stereocenters. The lowest BCUT2D eigenvalue weighted by Crippen LogP contribution is -2.14. The summed E-state index contributed by atoms with van der Waals surface area (Å²) in [5.74, 6) is -0.147. The van der Waals surface area contributed by atoms with Gasteiger partial charge in [0.25, 0.3) is 0 Å². The number of benzene rings is 1. The number of halogens is 3. The van der Waals surface area contributed by atoms with Gasteiger partial charge in [0.15, 0.2) is 0 Å². The van der Waals surface area contributed by atoms with Gasteiger partial charge in [-0.05, 0) is 24.6 Å². The Labute approximate surface area is 109 Å². The van der Waals surface area contributed by atoms with E-state index in [1.165, 1.54) is 12.3 Å². The Balaban J connectivity index is 2.25. The SMILES string of the molecule is CC(Nc1ncccc1C(F)(F)F)c1ccccc1. The first-order valence-electron chi connectivity index (χ1n) is 5.82. The number of rotatable bonds is 3. The molecule has 0 fully saturated rings. The molecule has 100 valence electrons. The van der Waals surface area contributed by atoms with Crippen molar-refractivity contribution in [1.29, 1.82) is 0 Å². The summed E-state index contributed by atoms with van der Waals surface area (Å²) in [5, 5.41) is 2.80. The number of aromatic nitrogens is 1. The maximum Gasteiger partial charge on any atom is 0.419 e. The summed E-state index contributed by atoms with van der Waals surface area (Å²) < 4.78 is 38.5. The van der Waals surface area contributed by atoms with E-state index in [0.29, 0.717) is 0 Å². The molecule has 1 atom stereocenters. The van der Waals surface area contributed by atoms with Crippen LogP contribution in [0, 0.1) is 0 Å². The minimum atomic E-state index is -4.41. The quantitative estimate of drug-likeness (QED) is 0.897. The lowest BCUT2D eigenvalue weighted by molar-refractivity contribution is -0.137. The molecule has 0 saturated carbocycles. The van der Waals surface area contributed by atoms with Crippen LogP contribution in [-0.4, -0.2) is 4.98 Å². The average molecular weight is 266 g/mol. The maximum atomic E-state index is 12.8. The fourth-order valence-corrected chi connectivity index (χ4v) is 1.78. The normalized spacial score (nSPS) is 13.1. The summed E-state index contributed by atoms with van der Waals surface area (Å²) >= 11 is 0. The summed E-state index contributed by atoms with van der Waals surface area (Å²) in [6, 6.07) is 11.3. The lowest BCUT2D eigenvalue weighted by Gasteiger charge is -2.18. The van der Waals surface area contributed by atoms with Crippen LogP contribution in [0.3, 0.4) is 0 Å². The third-order valence-corrected chi connectivity index (χ3v) is 2.77. The van der Waals surface area contributed by atoms with Gasteiger partial charge in [-0.25, -0.2) is 4.98 Å². The highest BCUT2D eigenvalue weighted by Crippen LogP contribution is 2.34.